The Morgan fingerprint density at radius 2 is 1.60 bits per heavy atom. The summed E-state index contributed by atoms with van der Waals surface area (Å²) >= 11 is 0. The summed E-state index contributed by atoms with van der Waals surface area (Å²) in [5.74, 6) is 0. The molecule has 156 valence electrons. The highest BCUT2D eigenvalue weighted by atomic mass is 16.1. The van der Waals surface area contributed by atoms with Crippen molar-refractivity contribution in [2.75, 3.05) is 6.54 Å². The first kappa shape index (κ1) is 20.4. The molecule has 0 spiro atoms. The van der Waals surface area contributed by atoms with Crippen LogP contribution in [0.1, 0.15) is 33.4 Å². The van der Waals surface area contributed by atoms with E-state index >= 15 is 0 Å². The number of hydrogen-bond donors (Lipinski definition) is 1. The van der Waals surface area contributed by atoms with Crippen LogP contribution in [0, 0.1) is 34.6 Å². The lowest BCUT2D eigenvalue weighted by atomic mass is 9.93. The van der Waals surface area contributed by atoms with Crippen LogP contribution in [0.4, 0.5) is 5.69 Å². The number of hydrogen-bond acceptors (Lipinski definition) is 3. The number of rotatable bonds is 3. The van der Waals surface area contributed by atoms with Gasteiger partial charge in [-0.05, 0) is 74.9 Å². The van der Waals surface area contributed by atoms with Crippen LogP contribution < -0.4 is 16.9 Å². The van der Waals surface area contributed by atoms with E-state index in [4.69, 9.17) is 10.7 Å². The molecule has 30 heavy (non-hydrogen) atoms. The van der Waals surface area contributed by atoms with Crippen LogP contribution in [0.15, 0.2) is 40.1 Å². The summed E-state index contributed by atoms with van der Waals surface area (Å²) in [6.45, 7) is 12.0. The van der Waals surface area contributed by atoms with Gasteiger partial charge >= 0.3 is 5.69 Å². The number of aromatic nitrogens is 2. The molecule has 0 radical (unpaired) electrons. The number of nitrogens with two attached hydrogens (primary N) is 1. The Labute approximate surface area is 177 Å². The van der Waals surface area contributed by atoms with Gasteiger partial charge in [-0.1, -0.05) is 23.8 Å². The second-order valence-electron chi connectivity index (χ2n) is 8.47. The third-order valence-corrected chi connectivity index (χ3v) is 6.11. The van der Waals surface area contributed by atoms with E-state index in [0.29, 0.717) is 25.1 Å². The minimum Gasteiger partial charge on any atom is -0.329 e. The molecule has 0 unspecified atom stereocenters. The van der Waals surface area contributed by atoms with Crippen molar-refractivity contribution in [2.45, 2.75) is 54.1 Å². The molecule has 4 rings (SSSR count). The summed E-state index contributed by atoms with van der Waals surface area (Å²) in [5.41, 5.74) is 16.7. The molecule has 0 amide bonds. The van der Waals surface area contributed by atoms with Crippen molar-refractivity contribution in [3.05, 3.63) is 79.7 Å². The fraction of sp³-hybridized carbons (Fsp3) is 0.360. The fourth-order valence-corrected chi connectivity index (χ4v) is 4.51. The molecule has 0 saturated heterocycles. The molecular formula is C25H30N4O. The molecule has 2 heterocycles. The quantitative estimate of drug-likeness (QED) is 0.727. The first-order valence-corrected chi connectivity index (χ1v) is 10.6. The molecule has 0 atom stereocenters. The Balaban J connectivity index is 2.04. The zero-order valence-corrected chi connectivity index (χ0v) is 18.5. The maximum atomic E-state index is 13.4. The van der Waals surface area contributed by atoms with Crippen molar-refractivity contribution in [3.8, 4) is 11.3 Å². The molecule has 0 aliphatic carbocycles. The van der Waals surface area contributed by atoms with Crippen LogP contribution in [-0.2, 0) is 19.5 Å². The van der Waals surface area contributed by atoms with Crippen LogP contribution >= 0.6 is 0 Å². The van der Waals surface area contributed by atoms with Gasteiger partial charge in [-0.2, -0.15) is 0 Å². The van der Waals surface area contributed by atoms with Crippen LogP contribution in [0.3, 0.4) is 0 Å². The number of benzene rings is 2. The van der Waals surface area contributed by atoms with Gasteiger partial charge in [0.2, 0.25) is 0 Å². The standard InChI is InChI=1S/C25H30N4O/c1-15-10-18(4)24(19(5)11-15)27-23-14-22-21-13-17(3)16(2)12-20(21)6-8-28(22)25(30)29(23)9-7-26/h10-14H,6-9,26H2,1-5H3. The SMILES string of the molecule is Cc1cc(C)c(N=c2cc3n(c(=O)n2CCN)CCc2cc(C)c(C)cc2-3)c(C)c1. The van der Waals surface area contributed by atoms with Gasteiger partial charge in [-0.3, -0.25) is 9.13 Å². The lowest BCUT2D eigenvalue weighted by Gasteiger charge is -2.24. The third-order valence-electron chi connectivity index (χ3n) is 6.11. The maximum absolute atomic E-state index is 13.4. The Morgan fingerprint density at radius 3 is 2.27 bits per heavy atom. The summed E-state index contributed by atoms with van der Waals surface area (Å²) in [4.78, 5) is 18.4. The number of aryl methyl sites for hydroxylation is 6. The van der Waals surface area contributed by atoms with E-state index in [-0.39, 0.29) is 5.69 Å². The minimum atomic E-state index is -0.0389. The summed E-state index contributed by atoms with van der Waals surface area (Å²) in [5, 5.41) is 0. The first-order valence-electron chi connectivity index (χ1n) is 10.6. The first-order chi connectivity index (χ1) is 14.3. The molecule has 0 fully saturated rings. The summed E-state index contributed by atoms with van der Waals surface area (Å²) in [6, 6.07) is 10.8. The third kappa shape index (κ3) is 3.43. The Hall–Kier alpha value is -2.92. The smallest absolute Gasteiger partial charge is 0.329 e. The van der Waals surface area contributed by atoms with Crippen LogP contribution in [-0.4, -0.2) is 15.7 Å². The fourth-order valence-electron chi connectivity index (χ4n) is 4.51. The van der Waals surface area contributed by atoms with Gasteiger partial charge in [0.25, 0.3) is 0 Å². The lowest BCUT2D eigenvalue weighted by molar-refractivity contribution is 0.547. The molecule has 2 N–H and O–H groups in total. The van der Waals surface area contributed by atoms with Gasteiger partial charge in [-0.15, -0.1) is 0 Å². The number of nitrogens with zero attached hydrogens (tertiary/aromatic N) is 3. The van der Waals surface area contributed by atoms with E-state index in [1.54, 1.807) is 4.57 Å². The van der Waals surface area contributed by atoms with Crippen molar-refractivity contribution in [1.82, 2.24) is 9.13 Å². The summed E-state index contributed by atoms with van der Waals surface area (Å²) < 4.78 is 3.59. The zero-order chi connectivity index (χ0) is 21.6. The topological polar surface area (TPSA) is 65.3 Å². The number of fused-ring (bicyclic) bond motifs is 3. The molecule has 3 aromatic rings. The van der Waals surface area contributed by atoms with E-state index in [9.17, 15) is 4.79 Å². The van der Waals surface area contributed by atoms with E-state index in [1.165, 1.54) is 22.3 Å². The average molecular weight is 403 g/mol. The molecular weight excluding hydrogens is 372 g/mol. The van der Waals surface area contributed by atoms with E-state index in [2.05, 4.69) is 65.0 Å². The van der Waals surface area contributed by atoms with Gasteiger partial charge in [-0.25, -0.2) is 9.79 Å². The lowest BCUT2D eigenvalue weighted by Crippen LogP contribution is -2.43. The molecule has 0 bridgehead atoms. The van der Waals surface area contributed by atoms with Gasteiger partial charge in [0.05, 0.1) is 11.4 Å². The highest BCUT2D eigenvalue weighted by molar-refractivity contribution is 5.67. The summed E-state index contributed by atoms with van der Waals surface area (Å²) in [6.07, 6.45) is 0.860. The molecule has 5 nitrogen and oxygen atoms in total. The van der Waals surface area contributed by atoms with Crippen molar-refractivity contribution in [1.29, 1.82) is 0 Å². The molecule has 2 aromatic carbocycles. The molecule has 0 saturated carbocycles. The second kappa shape index (κ2) is 7.73. The van der Waals surface area contributed by atoms with Crippen molar-refractivity contribution in [3.63, 3.8) is 0 Å². The average Bonchev–Trinajstić information content (AvgIpc) is 2.68. The van der Waals surface area contributed by atoms with Gasteiger partial charge < -0.3 is 5.73 Å². The summed E-state index contributed by atoms with van der Waals surface area (Å²) in [7, 11) is 0. The second-order valence-corrected chi connectivity index (χ2v) is 8.47. The monoisotopic (exact) mass is 402 g/mol. The van der Waals surface area contributed by atoms with Crippen molar-refractivity contribution < 1.29 is 0 Å². The maximum Gasteiger partial charge on any atom is 0.330 e. The van der Waals surface area contributed by atoms with Gasteiger partial charge in [0.1, 0.15) is 5.49 Å². The van der Waals surface area contributed by atoms with E-state index in [1.807, 2.05) is 4.57 Å². The zero-order valence-electron chi connectivity index (χ0n) is 18.5. The Bertz CT molecular complexity index is 1250. The Morgan fingerprint density at radius 1 is 0.933 bits per heavy atom. The van der Waals surface area contributed by atoms with Gasteiger partial charge in [0, 0.05) is 31.3 Å². The van der Waals surface area contributed by atoms with Crippen LogP contribution in [0.5, 0.6) is 0 Å². The highest BCUT2D eigenvalue weighted by Crippen LogP contribution is 2.30. The predicted molar refractivity (Wildman–Crippen MR) is 122 cm³/mol. The molecule has 5 heteroatoms. The molecule has 1 aliphatic heterocycles. The van der Waals surface area contributed by atoms with Crippen molar-refractivity contribution >= 4 is 5.69 Å². The van der Waals surface area contributed by atoms with E-state index < -0.39 is 0 Å². The molecule has 1 aliphatic rings. The van der Waals surface area contributed by atoms with Crippen LogP contribution in [0.2, 0.25) is 0 Å². The predicted octanol–water partition coefficient (Wildman–Crippen LogP) is 3.61. The molecule has 1 aromatic heterocycles. The van der Waals surface area contributed by atoms with E-state index in [0.717, 1.165) is 34.5 Å². The van der Waals surface area contributed by atoms with Gasteiger partial charge in [0.15, 0.2) is 0 Å². The minimum absolute atomic E-state index is 0.0389. The van der Waals surface area contributed by atoms with Crippen LogP contribution in [0.25, 0.3) is 11.3 Å². The Kier molecular flexibility index (Phi) is 5.24. The van der Waals surface area contributed by atoms with Crippen molar-refractivity contribution in [2.24, 2.45) is 10.7 Å². The largest absolute Gasteiger partial charge is 0.330 e. The normalized spacial score (nSPS) is 13.3. The highest BCUT2D eigenvalue weighted by Gasteiger charge is 2.20.